The van der Waals surface area contributed by atoms with Crippen LogP contribution in [0, 0.1) is 5.92 Å². The lowest BCUT2D eigenvalue weighted by molar-refractivity contribution is 0.128. The second-order valence-corrected chi connectivity index (χ2v) is 4.88. The lowest BCUT2D eigenvalue weighted by atomic mass is 10.0. The van der Waals surface area contributed by atoms with Crippen LogP contribution in [0.15, 0.2) is 18.3 Å². The van der Waals surface area contributed by atoms with Gasteiger partial charge in [-0.25, -0.2) is 9.78 Å². The molecule has 0 aromatic carbocycles. The summed E-state index contributed by atoms with van der Waals surface area (Å²) >= 11 is 5.74. The number of anilines is 1. The summed E-state index contributed by atoms with van der Waals surface area (Å²) in [5, 5.41) is 12.7. The average molecular weight is 272 g/mol. The van der Waals surface area contributed by atoms with Gasteiger partial charge in [0.1, 0.15) is 5.82 Å². The molecule has 0 aliphatic rings. The van der Waals surface area contributed by atoms with Crippen molar-refractivity contribution in [3.63, 3.8) is 0 Å². The highest BCUT2D eigenvalue weighted by Crippen LogP contribution is 2.13. The molecule has 0 aliphatic carbocycles. The van der Waals surface area contributed by atoms with Crippen molar-refractivity contribution in [1.82, 2.24) is 9.88 Å². The predicted octanol–water partition coefficient (Wildman–Crippen LogP) is 2.78. The Labute approximate surface area is 112 Å². The van der Waals surface area contributed by atoms with E-state index in [-0.39, 0.29) is 12.0 Å². The van der Waals surface area contributed by atoms with Crippen LogP contribution in [-0.2, 0) is 0 Å². The Morgan fingerprint density at radius 2 is 2.22 bits per heavy atom. The summed E-state index contributed by atoms with van der Waals surface area (Å²) in [5.74, 6) is 0.898. The number of aromatic nitrogens is 1. The molecule has 0 spiro atoms. The fourth-order valence-corrected chi connectivity index (χ4v) is 1.76. The zero-order chi connectivity index (χ0) is 13.7. The van der Waals surface area contributed by atoms with Crippen LogP contribution in [0.5, 0.6) is 0 Å². The summed E-state index contributed by atoms with van der Waals surface area (Å²) in [5.41, 5.74) is 0. The molecule has 100 valence electrons. The third kappa shape index (κ3) is 4.07. The van der Waals surface area contributed by atoms with Crippen LogP contribution in [0.25, 0.3) is 0 Å². The quantitative estimate of drug-likeness (QED) is 0.864. The maximum Gasteiger partial charge on any atom is 0.407 e. The van der Waals surface area contributed by atoms with Gasteiger partial charge in [0.15, 0.2) is 0 Å². The van der Waals surface area contributed by atoms with E-state index < -0.39 is 6.09 Å². The number of carboxylic acid groups (broad SMARTS) is 1. The van der Waals surface area contributed by atoms with E-state index in [1.165, 1.54) is 4.90 Å². The second kappa shape index (κ2) is 6.44. The maximum absolute atomic E-state index is 11.0. The number of nitrogens with zero attached hydrogens (tertiary/aromatic N) is 2. The maximum atomic E-state index is 11.0. The normalized spacial score (nSPS) is 12.3. The Kier molecular flexibility index (Phi) is 5.22. The van der Waals surface area contributed by atoms with E-state index in [1.807, 2.05) is 13.8 Å². The first kappa shape index (κ1) is 14.6. The lowest BCUT2D eigenvalue weighted by Crippen LogP contribution is -2.44. The Bertz CT molecular complexity index is 395. The lowest BCUT2D eigenvalue weighted by Gasteiger charge is -2.29. The fourth-order valence-electron chi connectivity index (χ4n) is 1.65. The first-order valence-corrected chi connectivity index (χ1v) is 6.10. The van der Waals surface area contributed by atoms with Gasteiger partial charge in [-0.2, -0.15) is 0 Å². The van der Waals surface area contributed by atoms with Crippen molar-refractivity contribution in [2.75, 3.05) is 18.9 Å². The first-order valence-electron chi connectivity index (χ1n) is 5.73. The Morgan fingerprint density at radius 1 is 1.56 bits per heavy atom. The number of likely N-dealkylation sites (N-methyl/N-ethyl adjacent to an activating group) is 1. The molecule has 0 bridgehead atoms. The Morgan fingerprint density at radius 3 is 2.67 bits per heavy atom. The highest BCUT2D eigenvalue weighted by Gasteiger charge is 2.22. The number of nitrogens with one attached hydrogen (secondary N) is 1. The smallest absolute Gasteiger partial charge is 0.407 e. The van der Waals surface area contributed by atoms with E-state index in [0.29, 0.717) is 17.4 Å². The highest BCUT2D eigenvalue weighted by molar-refractivity contribution is 6.30. The van der Waals surface area contributed by atoms with Crippen LogP contribution in [0.3, 0.4) is 0 Å². The Hall–Kier alpha value is -1.49. The van der Waals surface area contributed by atoms with E-state index in [1.54, 1.807) is 25.4 Å². The van der Waals surface area contributed by atoms with Gasteiger partial charge in [-0.1, -0.05) is 25.4 Å². The third-order valence-electron chi connectivity index (χ3n) is 2.79. The topological polar surface area (TPSA) is 65.5 Å². The van der Waals surface area contributed by atoms with Crippen LogP contribution in [-0.4, -0.2) is 40.7 Å². The molecule has 0 saturated heterocycles. The van der Waals surface area contributed by atoms with Crippen molar-refractivity contribution in [1.29, 1.82) is 0 Å². The van der Waals surface area contributed by atoms with Crippen molar-refractivity contribution in [3.8, 4) is 0 Å². The standard InChI is InChI=1S/C12H18ClN3O2/c1-8(2)10(16(3)12(17)18)7-15-11-5-4-9(13)6-14-11/h4-6,8,10H,7H2,1-3H3,(H,14,15)(H,17,18). The number of hydrogen-bond donors (Lipinski definition) is 2. The summed E-state index contributed by atoms with van der Waals surface area (Å²) in [4.78, 5) is 16.4. The van der Waals surface area contributed by atoms with Gasteiger partial charge < -0.3 is 15.3 Å². The number of rotatable bonds is 5. The molecule has 0 radical (unpaired) electrons. The number of carbonyl (C=O) groups is 1. The molecule has 5 nitrogen and oxygen atoms in total. The van der Waals surface area contributed by atoms with Gasteiger partial charge in [-0.3, -0.25) is 0 Å². The van der Waals surface area contributed by atoms with Gasteiger partial charge >= 0.3 is 6.09 Å². The Balaban J connectivity index is 2.62. The summed E-state index contributed by atoms with van der Waals surface area (Å²) in [7, 11) is 1.57. The number of amides is 1. The minimum absolute atomic E-state index is 0.111. The predicted molar refractivity (Wildman–Crippen MR) is 72.2 cm³/mol. The van der Waals surface area contributed by atoms with Gasteiger partial charge in [0, 0.05) is 19.8 Å². The van der Waals surface area contributed by atoms with Gasteiger partial charge in [-0.15, -0.1) is 0 Å². The van der Waals surface area contributed by atoms with Crippen LogP contribution >= 0.6 is 11.6 Å². The molecule has 1 atom stereocenters. The molecule has 6 heteroatoms. The van der Waals surface area contributed by atoms with Crippen molar-refractivity contribution in [3.05, 3.63) is 23.4 Å². The molecular weight excluding hydrogens is 254 g/mol. The van der Waals surface area contributed by atoms with Crippen molar-refractivity contribution < 1.29 is 9.90 Å². The van der Waals surface area contributed by atoms with Gasteiger partial charge in [0.05, 0.1) is 11.1 Å². The molecule has 2 N–H and O–H groups in total. The molecule has 1 aromatic rings. The van der Waals surface area contributed by atoms with Crippen LogP contribution in [0.4, 0.5) is 10.6 Å². The summed E-state index contributed by atoms with van der Waals surface area (Å²) in [6.07, 6.45) is 0.620. The molecule has 1 rings (SSSR count). The molecule has 1 unspecified atom stereocenters. The number of pyridine rings is 1. The first-order chi connectivity index (χ1) is 8.41. The fraction of sp³-hybridized carbons (Fsp3) is 0.500. The van der Waals surface area contributed by atoms with E-state index >= 15 is 0 Å². The van der Waals surface area contributed by atoms with Crippen molar-refractivity contribution in [2.45, 2.75) is 19.9 Å². The van der Waals surface area contributed by atoms with Gasteiger partial charge in [0.2, 0.25) is 0 Å². The molecular formula is C12H18ClN3O2. The number of hydrogen-bond acceptors (Lipinski definition) is 3. The van der Waals surface area contributed by atoms with Gasteiger partial charge in [0.25, 0.3) is 0 Å². The molecule has 0 saturated carbocycles. The van der Waals surface area contributed by atoms with Crippen molar-refractivity contribution in [2.24, 2.45) is 5.92 Å². The van der Waals surface area contributed by atoms with Crippen LogP contribution in [0.1, 0.15) is 13.8 Å². The van der Waals surface area contributed by atoms with Crippen molar-refractivity contribution >= 4 is 23.5 Å². The minimum atomic E-state index is -0.931. The van der Waals surface area contributed by atoms with E-state index in [9.17, 15) is 4.79 Å². The number of halogens is 1. The highest BCUT2D eigenvalue weighted by atomic mass is 35.5. The molecule has 1 heterocycles. The molecule has 1 amide bonds. The van der Waals surface area contributed by atoms with E-state index in [0.717, 1.165) is 0 Å². The third-order valence-corrected chi connectivity index (χ3v) is 3.01. The zero-order valence-electron chi connectivity index (χ0n) is 10.7. The molecule has 0 aliphatic heterocycles. The minimum Gasteiger partial charge on any atom is -0.465 e. The SMILES string of the molecule is CC(C)C(CNc1ccc(Cl)cn1)N(C)C(=O)O. The average Bonchev–Trinajstić information content (AvgIpc) is 2.31. The molecule has 18 heavy (non-hydrogen) atoms. The van der Waals surface area contributed by atoms with Crippen LogP contribution in [0.2, 0.25) is 5.02 Å². The van der Waals surface area contributed by atoms with Crippen LogP contribution < -0.4 is 5.32 Å². The summed E-state index contributed by atoms with van der Waals surface area (Å²) in [6.45, 7) is 4.48. The summed E-state index contributed by atoms with van der Waals surface area (Å²) in [6, 6.07) is 3.39. The van der Waals surface area contributed by atoms with E-state index in [2.05, 4.69) is 10.3 Å². The van der Waals surface area contributed by atoms with E-state index in [4.69, 9.17) is 16.7 Å². The molecule has 0 fully saturated rings. The summed E-state index contributed by atoms with van der Waals surface area (Å²) < 4.78 is 0. The largest absolute Gasteiger partial charge is 0.465 e. The van der Waals surface area contributed by atoms with Gasteiger partial charge in [-0.05, 0) is 18.1 Å². The monoisotopic (exact) mass is 271 g/mol. The second-order valence-electron chi connectivity index (χ2n) is 4.45. The molecule has 1 aromatic heterocycles. The zero-order valence-corrected chi connectivity index (χ0v) is 11.5.